The van der Waals surface area contributed by atoms with Gasteiger partial charge >= 0.3 is 6.01 Å². The number of nitrogens with one attached hydrogen (secondary N) is 1. The number of methoxy groups -OCH3 is 2. The van der Waals surface area contributed by atoms with Gasteiger partial charge in [0.2, 0.25) is 0 Å². The van der Waals surface area contributed by atoms with E-state index in [0.717, 1.165) is 5.56 Å². The Hall–Kier alpha value is -3.55. The molecule has 3 rings (SSSR count). The smallest absolute Gasteiger partial charge is 0.322 e. The summed E-state index contributed by atoms with van der Waals surface area (Å²) in [5, 5.41) is 10.0. The van der Waals surface area contributed by atoms with Crippen molar-refractivity contribution in [2.24, 2.45) is 0 Å². The van der Waals surface area contributed by atoms with E-state index in [1.807, 2.05) is 0 Å². The number of hydrogen-bond acceptors (Lipinski definition) is 7. The van der Waals surface area contributed by atoms with Crippen molar-refractivity contribution in [1.82, 2.24) is 10.2 Å². The van der Waals surface area contributed by atoms with Crippen LogP contribution >= 0.6 is 0 Å². The van der Waals surface area contributed by atoms with Gasteiger partial charge in [-0.3, -0.25) is 10.1 Å². The van der Waals surface area contributed by atoms with Crippen molar-refractivity contribution in [2.75, 3.05) is 19.5 Å². The Bertz CT molecular complexity index is 884. The second-order valence-corrected chi connectivity index (χ2v) is 4.83. The number of rotatable bonds is 6. The predicted octanol–water partition coefficient (Wildman–Crippen LogP) is 3.00. The van der Waals surface area contributed by atoms with Crippen molar-refractivity contribution in [3.8, 4) is 23.1 Å². The van der Waals surface area contributed by atoms with Crippen LogP contribution in [0.25, 0.3) is 17.7 Å². The van der Waals surface area contributed by atoms with Crippen LogP contribution < -0.4 is 14.8 Å². The number of ether oxygens (including phenoxy) is 2. The monoisotopic (exact) mass is 341 g/mol. The fourth-order valence-corrected chi connectivity index (χ4v) is 2.05. The molecule has 1 N–H and O–H groups in total. The Morgan fingerprint density at radius 2 is 2.00 bits per heavy atom. The average molecular weight is 341 g/mol. The molecule has 0 aliphatic rings. The van der Waals surface area contributed by atoms with Crippen molar-refractivity contribution in [3.05, 3.63) is 48.2 Å². The summed E-state index contributed by atoms with van der Waals surface area (Å²) >= 11 is 0. The van der Waals surface area contributed by atoms with Gasteiger partial charge in [-0.1, -0.05) is 11.2 Å². The summed E-state index contributed by atoms with van der Waals surface area (Å²) in [5.74, 6) is 1.38. The van der Waals surface area contributed by atoms with Gasteiger partial charge in [-0.2, -0.15) is 0 Å². The summed E-state index contributed by atoms with van der Waals surface area (Å²) in [6.07, 6.45) is 4.46. The van der Waals surface area contributed by atoms with Crippen molar-refractivity contribution in [3.63, 3.8) is 0 Å². The van der Waals surface area contributed by atoms with E-state index in [0.29, 0.717) is 17.3 Å². The first-order chi connectivity index (χ1) is 12.2. The molecule has 2 aromatic heterocycles. The number of carbonyl (C=O) groups excluding carboxylic acids is 1. The molecule has 0 saturated heterocycles. The second-order valence-electron chi connectivity index (χ2n) is 4.83. The van der Waals surface area contributed by atoms with Gasteiger partial charge in [0, 0.05) is 6.08 Å². The third kappa shape index (κ3) is 3.86. The highest BCUT2D eigenvalue weighted by atomic mass is 16.5. The van der Waals surface area contributed by atoms with E-state index < -0.39 is 5.91 Å². The normalized spacial score (nSPS) is 10.8. The number of carbonyl (C=O) groups is 1. The van der Waals surface area contributed by atoms with Crippen LogP contribution in [0.5, 0.6) is 11.5 Å². The zero-order valence-corrected chi connectivity index (χ0v) is 13.6. The molecule has 0 radical (unpaired) electrons. The van der Waals surface area contributed by atoms with Gasteiger partial charge in [0.15, 0.2) is 17.3 Å². The zero-order valence-electron chi connectivity index (χ0n) is 13.6. The van der Waals surface area contributed by atoms with Crippen molar-refractivity contribution in [1.29, 1.82) is 0 Å². The molecule has 0 unspecified atom stereocenters. The number of benzene rings is 1. The largest absolute Gasteiger partial charge is 0.493 e. The Balaban J connectivity index is 1.65. The zero-order chi connectivity index (χ0) is 17.6. The summed E-state index contributed by atoms with van der Waals surface area (Å²) in [7, 11) is 3.10. The number of aromatic nitrogens is 2. The summed E-state index contributed by atoms with van der Waals surface area (Å²) in [4.78, 5) is 12.0. The molecular weight excluding hydrogens is 326 g/mol. The van der Waals surface area contributed by atoms with Crippen LogP contribution in [0.2, 0.25) is 0 Å². The molecule has 0 saturated carbocycles. The van der Waals surface area contributed by atoms with E-state index in [2.05, 4.69) is 15.5 Å². The van der Waals surface area contributed by atoms with E-state index in [4.69, 9.17) is 18.3 Å². The van der Waals surface area contributed by atoms with Crippen molar-refractivity contribution in [2.45, 2.75) is 0 Å². The molecule has 8 heteroatoms. The van der Waals surface area contributed by atoms with E-state index in [1.54, 1.807) is 50.6 Å². The highest BCUT2D eigenvalue weighted by Gasteiger charge is 2.12. The molecule has 128 valence electrons. The number of amides is 1. The number of anilines is 1. The Morgan fingerprint density at radius 3 is 2.72 bits per heavy atom. The first-order valence-electron chi connectivity index (χ1n) is 7.28. The van der Waals surface area contributed by atoms with Gasteiger partial charge in [-0.05, 0) is 35.9 Å². The molecule has 0 aliphatic heterocycles. The standard InChI is InChI=1S/C17H15N3O5/c1-22-12-7-5-11(10-14(12)23-2)6-8-15(21)18-17-20-19-16(25-17)13-4-3-9-24-13/h3-10H,1-2H3,(H,18,20,21). The molecule has 1 aromatic carbocycles. The summed E-state index contributed by atoms with van der Waals surface area (Å²) < 4.78 is 20.8. The van der Waals surface area contributed by atoms with Gasteiger partial charge in [0.1, 0.15) is 0 Å². The highest BCUT2D eigenvalue weighted by Crippen LogP contribution is 2.28. The summed E-state index contributed by atoms with van der Waals surface area (Å²) in [5.41, 5.74) is 0.773. The van der Waals surface area contributed by atoms with Crippen LogP contribution in [0.1, 0.15) is 5.56 Å². The van der Waals surface area contributed by atoms with E-state index in [9.17, 15) is 4.79 Å². The van der Waals surface area contributed by atoms with Crippen LogP contribution in [0.3, 0.4) is 0 Å². The predicted molar refractivity (Wildman–Crippen MR) is 89.2 cm³/mol. The SMILES string of the molecule is COc1ccc(C=CC(=O)Nc2nnc(-c3ccco3)o2)cc1OC. The van der Waals surface area contributed by atoms with Crippen molar-refractivity contribution >= 4 is 18.0 Å². The first-order valence-corrected chi connectivity index (χ1v) is 7.28. The fraction of sp³-hybridized carbons (Fsp3) is 0.118. The molecule has 8 nitrogen and oxygen atoms in total. The minimum Gasteiger partial charge on any atom is -0.493 e. The van der Waals surface area contributed by atoms with Gasteiger partial charge in [0.05, 0.1) is 20.5 Å². The maximum Gasteiger partial charge on any atom is 0.322 e. The molecule has 0 bridgehead atoms. The molecule has 0 fully saturated rings. The lowest BCUT2D eigenvalue weighted by molar-refractivity contribution is -0.112. The van der Waals surface area contributed by atoms with Crippen LogP contribution in [0.4, 0.5) is 6.01 Å². The van der Waals surface area contributed by atoms with Gasteiger partial charge in [0.25, 0.3) is 11.8 Å². The lowest BCUT2D eigenvalue weighted by Gasteiger charge is -2.07. The Labute approximate surface area is 143 Å². The van der Waals surface area contributed by atoms with E-state index in [1.165, 1.54) is 12.3 Å². The minimum atomic E-state index is -0.413. The first kappa shape index (κ1) is 16.3. The maximum atomic E-state index is 12.0. The third-order valence-electron chi connectivity index (χ3n) is 3.22. The fourth-order valence-electron chi connectivity index (χ4n) is 2.05. The quantitative estimate of drug-likeness (QED) is 0.688. The number of hydrogen-bond donors (Lipinski definition) is 1. The molecular formula is C17H15N3O5. The maximum absolute atomic E-state index is 12.0. The van der Waals surface area contributed by atoms with Crippen molar-refractivity contribution < 1.29 is 23.1 Å². The van der Waals surface area contributed by atoms with Crippen LogP contribution in [-0.4, -0.2) is 30.3 Å². The van der Waals surface area contributed by atoms with E-state index in [-0.39, 0.29) is 11.9 Å². The topological polar surface area (TPSA) is 99.6 Å². The second kappa shape index (κ2) is 7.35. The molecule has 1 amide bonds. The molecule has 0 atom stereocenters. The van der Waals surface area contributed by atoms with Crippen LogP contribution in [0.15, 0.2) is 51.5 Å². The van der Waals surface area contributed by atoms with Gasteiger partial charge < -0.3 is 18.3 Å². The van der Waals surface area contributed by atoms with Crippen LogP contribution in [-0.2, 0) is 4.79 Å². The molecule has 3 aromatic rings. The summed E-state index contributed by atoms with van der Waals surface area (Å²) in [6, 6.07) is 8.66. The third-order valence-corrected chi connectivity index (χ3v) is 3.22. The molecule has 0 spiro atoms. The lowest BCUT2D eigenvalue weighted by Crippen LogP contribution is -2.07. The number of furan rings is 1. The van der Waals surface area contributed by atoms with Crippen LogP contribution in [0, 0.1) is 0 Å². The van der Waals surface area contributed by atoms with Gasteiger partial charge in [-0.25, -0.2) is 0 Å². The average Bonchev–Trinajstić information content (AvgIpc) is 3.31. The minimum absolute atomic E-state index is 0.0200. The Morgan fingerprint density at radius 1 is 1.16 bits per heavy atom. The Kier molecular flexibility index (Phi) is 4.79. The van der Waals surface area contributed by atoms with Gasteiger partial charge in [-0.15, -0.1) is 5.10 Å². The highest BCUT2D eigenvalue weighted by molar-refractivity contribution is 6.00. The molecule has 2 heterocycles. The summed E-state index contributed by atoms with van der Waals surface area (Å²) in [6.45, 7) is 0. The molecule has 25 heavy (non-hydrogen) atoms. The molecule has 0 aliphatic carbocycles. The number of nitrogens with zero attached hydrogens (tertiary/aromatic N) is 2. The lowest BCUT2D eigenvalue weighted by atomic mass is 10.2. The van der Waals surface area contributed by atoms with E-state index >= 15 is 0 Å².